The number of aliphatic hydroxyl groups is 1. The summed E-state index contributed by atoms with van der Waals surface area (Å²) in [5.41, 5.74) is 0. The first kappa shape index (κ1) is 12.0. The van der Waals surface area contributed by atoms with Gasteiger partial charge in [0.1, 0.15) is 5.02 Å². The smallest absolute Gasteiger partial charge is 0.318 e. The maximum absolute atomic E-state index is 9.24. The highest BCUT2D eigenvalue weighted by Crippen LogP contribution is 2.23. The monoisotopic (exact) mass is 231 g/mol. The van der Waals surface area contributed by atoms with Gasteiger partial charge in [-0.25, -0.2) is 4.98 Å². The van der Waals surface area contributed by atoms with Gasteiger partial charge >= 0.3 is 6.01 Å². The van der Waals surface area contributed by atoms with Crippen LogP contribution in [0.25, 0.3) is 0 Å². The van der Waals surface area contributed by atoms with E-state index in [0.29, 0.717) is 17.4 Å². The van der Waals surface area contributed by atoms with Gasteiger partial charge in [-0.1, -0.05) is 11.6 Å². The SMILES string of the molecule is COc1ncc(Cl)c(N(C)CC(C)O)n1. The number of rotatable bonds is 4. The van der Waals surface area contributed by atoms with Gasteiger partial charge in [-0.2, -0.15) is 4.98 Å². The van der Waals surface area contributed by atoms with Gasteiger partial charge in [-0.3, -0.25) is 0 Å². The Kier molecular flexibility index (Phi) is 4.11. The second kappa shape index (κ2) is 5.14. The molecule has 1 rings (SSSR count). The molecule has 0 amide bonds. The van der Waals surface area contributed by atoms with Crippen LogP contribution in [0.15, 0.2) is 6.20 Å². The van der Waals surface area contributed by atoms with E-state index in [4.69, 9.17) is 16.3 Å². The Morgan fingerprint density at radius 2 is 2.33 bits per heavy atom. The molecule has 15 heavy (non-hydrogen) atoms. The summed E-state index contributed by atoms with van der Waals surface area (Å²) in [6.07, 6.45) is 1.02. The maximum atomic E-state index is 9.24. The zero-order valence-corrected chi connectivity index (χ0v) is 9.69. The Morgan fingerprint density at radius 1 is 1.67 bits per heavy atom. The third kappa shape index (κ3) is 3.21. The Balaban J connectivity index is 2.91. The molecule has 1 atom stereocenters. The van der Waals surface area contributed by atoms with Crippen LogP contribution in [-0.2, 0) is 0 Å². The molecule has 5 nitrogen and oxygen atoms in total. The highest BCUT2D eigenvalue weighted by molar-refractivity contribution is 6.32. The quantitative estimate of drug-likeness (QED) is 0.837. The molecule has 84 valence electrons. The van der Waals surface area contributed by atoms with Crippen LogP contribution in [0.4, 0.5) is 5.82 Å². The standard InChI is InChI=1S/C9H14ClN3O2/c1-6(14)5-13(2)8-7(10)4-11-9(12-8)15-3/h4,6,14H,5H2,1-3H3. The summed E-state index contributed by atoms with van der Waals surface area (Å²) < 4.78 is 4.89. The van der Waals surface area contributed by atoms with E-state index in [0.717, 1.165) is 0 Å². The predicted octanol–water partition coefficient (Wildman–Crippen LogP) is 0.956. The lowest BCUT2D eigenvalue weighted by Crippen LogP contribution is -2.28. The van der Waals surface area contributed by atoms with E-state index in [2.05, 4.69) is 9.97 Å². The zero-order valence-electron chi connectivity index (χ0n) is 8.94. The second-order valence-electron chi connectivity index (χ2n) is 3.26. The van der Waals surface area contributed by atoms with Gasteiger partial charge in [0.25, 0.3) is 0 Å². The number of halogens is 1. The lowest BCUT2D eigenvalue weighted by molar-refractivity contribution is 0.201. The summed E-state index contributed by atoms with van der Waals surface area (Å²) in [6.45, 7) is 2.14. The molecule has 0 aliphatic carbocycles. The van der Waals surface area contributed by atoms with Crippen molar-refractivity contribution < 1.29 is 9.84 Å². The van der Waals surface area contributed by atoms with Crippen molar-refractivity contribution in [1.29, 1.82) is 0 Å². The minimum Gasteiger partial charge on any atom is -0.467 e. The average molecular weight is 232 g/mol. The lowest BCUT2D eigenvalue weighted by Gasteiger charge is -2.20. The first-order chi connectivity index (χ1) is 7.04. The minimum atomic E-state index is -0.452. The molecular formula is C9H14ClN3O2. The Morgan fingerprint density at radius 3 is 2.87 bits per heavy atom. The van der Waals surface area contributed by atoms with Crippen molar-refractivity contribution in [2.24, 2.45) is 0 Å². The molecule has 1 N–H and O–H groups in total. The Bertz CT molecular complexity index is 333. The van der Waals surface area contributed by atoms with E-state index in [1.54, 1.807) is 18.9 Å². The molecule has 6 heteroatoms. The normalized spacial score (nSPS) is 12.3. The number of methoxy groups -OCH3 is 1. The van der Waals surface area contributed by atoms with Crippen LogP contribution in [0, 0.1) is 0 Å². The summed E-state index contributed by atoms with van der Waals surface area (Å²) in [5, 5.41) is 9.67. The zero-order chi connectivity index (χ0) is 11.4. The third-order valence-electron chi connectivity index (χ3n) is 1.79. The van der Waals surface area contributed by atoms with Crippen molar-refractivity contribution in [2.75, 3.05) is 25.6 Å². The van der Waals surface area contributed by atoms with Crippen LogP contribution in [0.5, 0.6) is 6.01 Å². The molecule has 0 bridgehead atoms. The number of anilines is 1. The van der Waals surface area contributed by atoms with E-state index >= 15 is 0 Å². The van der Waals surface area contributed by atoms with Crippen LogP contribution in [0.1, 0.15) is 6.92 Å². The number of hydrogen-bond donors (Lipinski definition) is 1. The molecule has 1 aromatic heterocycles. The molecule has 0 aliphatic heterocycles. The average Bonchev–Trinajstić information content (AvgIpc) is 2.17. The van der Waals surface area contributed by atoms with E-state index in [1.807, 2.05) is 0 Å². The highest BCUT2D eigenvalue weighted by atomic mass is 35.5. The van der Waals surface area contributed by atoms with Gasteiger partial charge in [0, 0.05) is 13.6 Å². The molecule has 0 aromatic carbocycles. The fourth-order valence-corrected chi connectivity index (χ4v) is 1.43. The number of aliphatic hydroxyl groups excluding tert-OH is 1. The molecule has 0 aliphatic rings. The fourth-order valence-electron chi connectivity index (χ4n) is 1.19. The van der Waals surface area contributed by atoms with Gasteiger partial charge < -0.3 is 14.7 Å². The van der Waals surface area contributed by atoms with Gasteiger partial charge in [0.2, 0.25) is 0 Å². The predicted molar refractivity (Wildman–Crippen MR) is 58.5 cm³/mol. The van der Waals surface area contributed by atoms with E-state index in [1.165, 1.54) is 13.3 Å². The van der Waals surface area contributed by atoms with E-state index in [9.17, 15) is 5.11 Å². The van der Waals surface area contributed by atoms with E-state index < -0.39 is 6.10 Å². The van der Waals surface area contributed by atoms with Crippen LogP contribution >= 0.6 is 11.6 Å². The minimum absolute atomic E-state index is 0.256. The molecule has 0 fully saturated rings. The van der Waals surface area contributed by atoms with Crippen LogP contribution < -0.4 is 9.64 Å². The van der Waals surface area contributed by atoms with Crippen molar-refractivity contribution in [3.05, 3.63) is 11.2 Å². The van der Waals surface area contributed by atoms with Crippen molar-refractivity contribution >= 4 is 17.4 Å². The number of ether oxygens (including phenoxy) is 1. The van der Waals surface area contributed by atoms with Crippen molar-refractivity contribution in [1.82, 2.24) is 9.97 Å². The number of aromatic nitrogens is 2. The summed E-state index contributed by atoms with van der Waals surface area (Å²) in [5.74, 6) is 0.546. The topological polar surface area (TPSA) is 58.5 Å². The van der Waals surface area contributed by atoms with Crippen molar-refractivity contribution in [2.45, 2.75) is 13.0 Å². The van der Waals surface area contributed by atoms with Gasteiger partial charge in [0.05, 0.1) is 19.4 Å². The lowest BCUT2D eigenvalue weighted by atomic mass is 10.3. The van der Waals surface area contributed by atoms with Gasteiger partial charge in [-0.15, -0.1) is 0 Å². The summed E-state index contributed by atoms with van der Waals surface area (Å²) >= 11 is 5.93. The third-order valence-corrected chi connectivity index (χ3v) is 2.05. The molecule has 1 unspecified atom stereocenters. The largest absolute Gasteiger partial charge is 0.467 e. The van der Waals surface area contributed by atoms with Crippen molar-refractivity contribution in [3.63, 3.8) is 0 Å². The van der Waals surface area contributed by atoms with Gasteiger partial charge in [-0.05, 0) is 6.92 Å². The van der Waals surface area contributed by atoms with Crippen LogP contribution in [0.2, 0.25) is 5.02 Å². The first-order valence-corrected chi connectivity index (χ1v) is 4.88. The fraction of sp³-hybridized carbons (Fsp3) is 0.556. The summed E-state index contributed by atoms with van der Waals surface area (Å²) in [7, 11) is 3.28. The molecule has 0 saturated heterocycles. The molecule has 0 spiro atoms. The molecule has 0 radical (unpaired) electrons. The van der Waals surface area contributed by atoms with Crippen molar-refractivity contribution in [3.8, 4) is 6.01 Å². The van der Waals surface area contributed by atoms with Crippen LogP contribution in [-0.4, -0.2) is 41.9 Å². The highest BCUT2D eigenvalue weighted by Gasteiger charge is 2.11. The van der Waals surface area contributed by atoms with E-state index in [-0.39, 0.29) is 6.01 Å². The molecule has 1 aromatic rings. The molecular weight excluding hydrogens is 218 g/mol. The summed E-state index contributed by atoms with van der Waals surface area (Å²) in [6, 6.07) is 0.256. The Labute approximate surface area is 93.7 Å². The number of nitrogens with zero attached hydrogens (tertiary/aromatic N) is 3. The second-order valence-corrected chi connectivity index (χ2v) is 3.66. The van der Waals surface area contributed by atoms with Crippen LogP contribution in [0.3, 0.4) is 0 Å². The number of hydrogen-bond acceptors (Lipinski definition) is 5. The van der Waals surface area contributed by atoms with Gasteiger partial charge in [0.15, 0.2) is 5.82 Å². The number of likely N-dealkylation sites (N-methyl/N-ethyl adjacent to an activating group) is 1. The summed E-state index contributed by atoms with van der Waals surface area (Å²) in [4.78, 5) is 9.71. The first-order valence-electron chi connectivity index (χ1n) is 4.50. The maximum Gasteiger partial charge on any atom is 0.318 e. The molecule has 1 heterocycles. The Hall–Kier alpha value is -1.07. The molecule has 0 saturated carbocycles.